The van der Waals surface area contributed by atoms with Crippen molar-refractivity contribution in [2.24, 2.45) is 7.05 Å². The van der Waals surface area contributed by atoms with Crippen molar-refractivity contribution >= 4 is 17.2 Å². The molecule has 0 aromatic carbocycles. The van der Waals surface area contributed by atoms with Crippen LogP contribution in [0.1, 0.15) is 45.0 Å². The van der Waals surface area contributed by atoms with Crippen LogP contribution in [0.4, 0.5) is 0 Å². The number of rotatable bonds is 4. The summed E-state index contributed by atoms with van der Waals surface area (Å²) in [5.41, 5.74) is 0. The molecule has 2 fully saturated rings. The minimum absolute atomic E-state index is 0.147. The monoisotopic (exact) mass is 389 g/mol. The van der Waals surface area contributed by atoms with E-state index >= 15 is 0 Å². The highest BCUT2D eigenvalue weighted by Gasteiger charge is 2.29. The second-order valence-electron chi connectivity index (χ2n) is 7.42. The maximum absolute atomic E-state index is 12.8. The number of piperidine rings is 1. The third-order valence-corrected chi connectivity index (χ3v) is 6.48. The highest BCUT2D eigenvalue weighted by atomic mass is 32.1. The lowest BCUT2D eigenvalue weighted by atomic mass is 9.97. The number of likely N-dealkylation sites (tertiary alicyclic amines) is 1. The van der Waals surface area contributed by atoms with Gasteiger partial charge in [0.15, 0.2) is 0 Å². The van der Waals surface area contributed by atoms with Crippen LogP contribution in [0.25, 0.3) is 0 Å². The summed E-state index contributed by atoms with van der Waals surface area (Å²) >= 11 is 1.57. The van der Waals surface area contributed by atoms with Crippen molar-refractivity contribution in [2.75, 3.05) is 39.4 Å². The first-order valence-electron chi connectivity index (χ1n) is 9.66. The number of hydrogen-bond donors (Lipinski definition) is 0. The fourth-order valence-electron chi connectivity index (χ4n) is 3.91. The van der Waals surface area contributed by atoms with Crippen LogP contribution < -0.4 is 0 Å². The maximum Gasteiger partial charge on any atom is 0.263 e. The molecule has 0 N–H and O–H groups in total. The van der Waals surface area contributed by atoms with Gasteiger partial charge < -0.3 is 14.2 Å². The molecule has 0 bridgehead atoms. The van der Waals surface area contributed by atoms with Crippen LogP contribution in [0, 0.1) is 6.92 Å². The average molecular weight is 390 g/mol. The second kappa shape index (κ2) is 8.08. The van der Waals surface area contributed by atoms with E-state index in [1.807, 2.05) is 24.0 Å². The van der Waals surface area contributed by atoms with E-state index in [9.17, 15) is 4.79 Å². The molecule has 4 rings (SSSR count). The molecule has 146 valence electrons. The fourth-order valence-corrected chi connectivity index (χ4v) is 4.74. The molecule has 2 aliphatic heterocycles. The van der Waals surface area contributed by atoms with E-state index in [0.29, 0.717) is 0 Å². The van der Waals surface area contributed by atoms with E-state index in [0.717, 1.165) is 75.3 Å². The molecule has 27 heavy (non-hydrogen) atoms. The lowest BCUT2D eigenvalue weighted by Crippen LogP contribution is -2.39. The Hall–Kier alpha value is -1.77. The summed E-state index contributed by atoms with van der Waals surface area (Å²) < 4.78 is 7.55. The van der Waals surface area contributed by atoms with E-state index < -0.39 is 0 Å². The first-order chi connectivity index (χ1) is 13.1. The van der Waals surface area contributed by atoms with Gasteiger partial charge in [-0.1, -0.05) is 0 Å². The molecule has 2 aromatic heterocycles. The third-order valence-electron chi connectivity index (χ3n) is 5.49. The number of nitrogens with zero attached hydrogens (tertiary/aromatic N) is 5. The Labute approximate surface area is 163 Å². The summed E-state index contributed by atoms with van der Waals surface area (Å²) in [5.74, 6) is 2.38. The summed E-state index contributed by atoms with van der Waals surface area (Å²) in [7, 11) is 2.05. The van der Waals surface area contributed by atoms with Crippen LogP contribution >= 0.6 is 11.3 Å². The van der Waals surface area contributed by atoms with Crippen molar-refractivity contribution in [1.82, 2.24) is 24.6 Å². The van der Waals surface area contributed by atoms with E-state index in [1.54, 1.807) is 11.3 Å². The van der Waals surface area contributed by atoms with E-state index in [4.69, 9.17) is 4.74 Å². The van der Waals surface area contributed by atoms with Crippen LogP contribution in [-0.2, 0) is 18.3 Å². The van der Waals surface area contributed by atoms with Gasteiger partial charge >= 0.3 is 0 Å². The Bertz CT molecular complexity index is 796. The summed E-state index contributed by atoms with van der Waals surface area (Å²) in [4.78, 5) is 19.2. The first kappa shape index (κ1) is 18.6. The van der Waals surface area contributed by atoms with Crippen LogP contribution in [0.5, 0.6) is 0 Å². The molecule has 7 nitrogen and oxygen atoms in total. The van der Waals surface area contributed by atoms with Gasteiger partial charge in [-0.15, -0.1) is 21.5 Å². The molecule has 0 spiro atoms. The number of hydrogen-bond acceptors (Lipinski definition) is 6. The van der Waals surface area contributed by atoms with Crippen LogP contribution in [-0.4, -0.2) is 69.9 Å². The summed E-state index contributed by atoms with van der Waals surface area (Å²) in [6.07, 6.45) is 2.06. The summed E-state index contributed by atoms with van der Waals surface area (Å²) in [5, 5.41) is 8.94. The van der Waals surface area contributed by atoms with Gasteiger partial charge in [0.25, 0.3) is 5.91 Å². The number of morpholine rings is 1. The fraction of sp³-hybridized carbons (Fsp3) is 0.632. The largest absolute Gasteiger partial charge is 0.379 e. The van der Waals surface area contributed by atoms with Crippen LogP contribution in [0.2, 0.25) is 0 Å². The molecule has 2 aliphatic rings. The SMILES string of the molecule is Cc1ccc(C(=O)N2CCC[C@@H](c3nnc(CN4CCOCC4)n3C)C2)s1. The molecule has 0 unspecified atom stereocenters. The molecule has 2 saturated heterocycles. The Morgan fingerprint density at radius 3 is 2.81 bits per heavy atom. The number of carbonyl (C=O) groups is 1. The quantitative estimate of drug-likeness (QED) is 0.801. The van der Waals surface area contributed by atoms with Crippen LogP contribution in [0.15, 0.2) is 12.1 Å². The Kier molecular flexibility index (Phi) is 5.56. The molecule has 2 aromatic rings. The highest BCUT2D eigenvalue weighted by molar-refractivity contribution is 7.13. The highest BCUT2D eigenvalue weighted by Crippen LogP contribution is 2.28. The van der Waals surface area contributed by atoms with Gasteiger partial charge in [-0.05, 0) is 31.9 Å². The van der Waals surface area contributed by atoms with Gasteiger partial charge in [0.1, 0.15) is 11.6 Å². The zero-order valence-corrected chi connectivity index (χ0v) is 16.9. The van der Waals surface area contributed by atoms with E-state index in [2.05, 4.69) is 26.7 Å². The third kappa shape index (κ3) is 4.07. The number of amides is 1. The minimum atomic E-state index is 0.147. The molecular formula is C19H27N5O2S. The number of thiophene rings is 1. The Morgan fingerprint density at radius 2 is 2.07 bits per heavy atom. The predicted molar refractivity (Wildman–Crippen MR) is 104 cm³/mol. The standard InChI is InChI=1S/C19H27N5O2S/c1-14-5-6-16(27-14)19(25)24-7-3-4-15(12-24)18-21-20-17(22(18)2)13-23-8-10-26-11-9-23/h5-6,15H,3-4,7-13H2,1-2H3/t15-/m1/s1. The van der Waals surface area contributed by atoms with E-state index in [-0.39, 0.29) is 11.8 Å². The first-order valence-corrected chi connectivity index (χ1v) is 10.5. The smallest absolute Gasteiger partial charge is 0.263 e. The molecule has 8 heteroatoms. The molecule has 0 radical (unpaired) electrons. The Balaban J connectivity index is 1.44. The lowest BCUT2D eigenvalue weighted by molar-refractivity contribution is 0.0326. The zero-order valence-electron chi connectivity index (χ0n) is 16.1. The molecule has 1 amide bonds. The molecule has 4 heterocycles. The van der Waals surface area contributed by atoms with E-state index in [1.165, 1.54) is 4.88 Å². The summed E-state index contributed by atoms with van der Waals surface area (Å²) in [6, 6.07) is 3.95. The zero-order chi connectivity index (χ0) is 18.8. The van der Waals surface area contributed by atoms with Crippen LogP contribution in [0.3, 0.4) is 0 Å². The minimum Gasteiger partial charge on any atom is -0.379 e. The molecule has 0 aliphatic carbocycles. The molecule has 0 saturated carbocycles. The molecule has 1 atom stereocenters. The van der Waals surface area contributed by atoms with Crippen molar-refractivity contribution in [1.29, 1.82) is 0 Å². The number of carbonyl (C=O) groups excluding carboxylic acids is 1. The van der Waals surface area contributed by atoms with Gasteiger partial charge in [0.05, 0.1) is 24.6 Å². The van der Waals surface area contributed by atoms with Gasteiger partial charge in [0, 0.05) is 44.0 Å². The molecular weight excluding hydrogens is 362 g/mol. The van der Waals surface area contributed by atoms with Crippen molar-refractivity contribution < 1.29 is 9.53 Å². The predicted octanol–water partition coefficient (Wildman–Crippen LogP) is 2.04. The number of ether oxygens (including phenoxy) is 1. The maximum atomic E-state index is 12.8. The number of aromatic nitrogens is 3. The summed E-state index contributed by atoms with van der Waals surface area (Å²) in [6.45, 7) is 7.83. The second-order valence-corrected chi connectivity index (χ2v) is 8.71. The van der Waals surface area contributed by atoms with Crippen molar-refractivity contribution in [3.05, 3.63) is 33.5 Å². The lowest BCUT2D eigenvalue weighted by Gasteiger charge is -2.32. The topological polar surface area (TPSA) is 63.5 Å². The average Bonchev–Trinajstić information content (AvgIpc) is 3.28. The Morgan fingerprint density at radius 1 is 1.26 bits per heavy atom. The van der Waals surface area contributed by atoms with Gasteiger partial charge in [-0.25, -0.2) is 0 Å². The van der Waals surface area contributed by atoms with Gasteiger partial charge in [-0.2, -0.15) is 0 Å². The van der Waals surface area contributed by atoms with Gasteiger partial charge in [0.2, 0.25) is 0 Å². The van der Waals surface area contributed by atoms with Gasteiger partial charge in [-0.3, -0.25) is 9.69 Å². The normalized spacial score (nSPS) is 21.6. The van der Waals surface area contributed by atoms with Crippen molar-refractivity contribution in [3.8, 4) is 0 Å². The van der Waals surface area contributed by atoms with Crippen molar-refractivity contribution in [2.45, 2.75) is 32.2 Å². The van der Waals surface area contributed by atoms with Crippen molar-refractivity contribution in [3.63, 3.8) is 0 Å². The number of aryl methyl sites for hydroxylation is 1.